The van der Waals surface area contributed by atoms with Crippen molar-refractivity contribution in [2.75, 3.05) is 17.7 Å². The van der Waals surface area contributed by atoms with E-state index in [1.54, 1.807) is 18.2 Å². The third-order valence-electron chi connectivity index (χ3n) is 2.67. The van der Waals surface area contributed by atoms with Gasteiger partial charge in [-0.25, -0.2) is 0 Å². The van der Waals surface area contributed by atoms with Crippen LogP contribution in [0.25, 0.3) is 0 Å². The van der Waals surface area contributed by atoms with Gasteiger partial charge in [0.1, 0.15) is 0 Å². The fourth-order valence-electron chi connectivity index (χ4n) is 1.59. The number of nitrogens with two attached hydrogens (primary N) is 2. The van der Waals surface area contributed by atoms with E-state index in [0.717, 1.165) is 6.42 Å². The summed E-state index contributed by atoms with van der Waals surface area (Å²) in [5, 5.41) is 12.1. The highest BCUT2D eigenvalue weighted by Gasteiger charge is 2.09. The first-order chi connectivity index (χ1) is 8.08. The van der Waals surface area contributed by atoms with E-state index in [0.29, 0.717) is 23.4 Å². The quantitative estimate of drug-likeness (QED) is 0.553. The number of hydrogen-bond acceptors (Lipinski definition) is 4. The Balaban J connectivity index is 2.88. The smallest absolute Gasteiger partial charge is 0.248 e. The minimum Gasteiger partial charge on any atom is -0.397 e. The molecule has 0 saturated carbocycles. The van der Waals surface area contributed by atoms with Crippen LogP contribution in [0, 0.1) is 0 Å². The Morgan fingerprint density at radius 3 is 2.76 bits per heavy atom. The lowest BCUT2D eigenvalue weighted by atomic mass is 10.1. The number of carbonyl (C=O) groups is 1. The van der Waals surface area contributed by atoms with Crippen molar-refractivity contribution < 1.29 is 9.90 Å². The van der Waals surface area contributed by atoms with Crippen LogP contribution < -0.4 is 16.8 Å². The number of hydrogen-bond donors (Lipinski definition) is 4. The summed E-state index contributed by atoms with van der Waals surface area (Å²) < 4.78 is 0. The molecule has 0 aromatic heterocycles. The molecule has 5 heteroatoms. The van der Waals surface area contributed by atoms with E-state index in [9.17, 15) is 4.79 Å². The van der Waals surface area contributed by atoms with Crippen molar-refractivity contribution in [3.63, 3.8) is 0 Å². The van der Waals surface area contributed by atoms with Crippen LogP contribution in [0.2, 0.25) is 0 Å². The van der Waals surface area contributed by atoms with Gasteiger partial charge >= 0.3 is 0 Å². The number of rotatable bonds is 6. The Kier molecular flexibility index (Phi) is 4.78. The number of benzene rings is 1. The van der Waals surface area contributed by atoms with Crippen LogP contribution in [0.3, 0.4) is 0 Å². The molecule has 6 N–H and O–H groups in total. The maximum Gasteiger partial charge on any atom is 0.248 e. The lowest BCUT2D eigenvalue weighted by Crippen LogP contribution is -2.21. The van der Waals surface area contributed by atoms with Gasteiger partial charge < -0.3 is 21.9 Å². The van der Waals surface area contributed by atoms with Gasteiger partial charge in [0, 0.05) is 18.2 Å². The predicted octanol–water partition coefficient (Wildman–Crippen LogP) is 0.941. The van der Waals surface area contributed by atoms with Crippen molar-refractivity contribution in [2.24, 2.45) is 5.73 Å². The summed E-state index contributed by atoms with van der Waals surface area (Å²) in [4.78, 5) is 11.1. The van der Waals surface area contributed by atoms with E-state index in [2.05, 4.69) is 5.32 Å². The molecular formula is C12H19N3O2. The van der Waals surface area contributed by atoms with Crippen LogP contribution in [-0.2, 0) is 0 Å². The molecule has 0 aliphatic carbocycles. The average molecular weight is 237 g/mol. The molecule has 1 amide bonds. The van der Waals surface area contributed by atoms with Crippen LogP contribution in [0.1, 0.15) is 30.1 Å². The van der Waals surface area contributed by atoms with Gasteiger partial charge in [0.15, 0.2) is 0 Å². The summed E-state index contributed by atoms with van der Waals surface area (Å²) >= 11 is 0. The molecule has 1 atom stereocenters. The Hall–Kier alpha value is -1.75. The van der Waals surface area contributed by atoms with E-state index in [-0.39, 0.29) is 12.6 Å². The number of amides is 1. The van der Waals surface area contributed by atoms with Crippen molar-refractivity contribution in [3.8, 4) is 0 Å². The first kappa shape index (κ1) is 13.3. The normalized spacial score (nSPS) is 12.1. The first-order valence-electron chi connectivity index (χ1n) is 5.65. The second kappa shape index (κ2) is 6.10. The highest BCUT2D eigenvalue weighted by molar-refractivity contribution is 5.94. The monoisotopic (exact) mass is 237 g/mol. The van der Waals surface area contributed by atoms with Gasteiger partial charge in [0.25, 0.3) is 0 Å². The maximum atomic E-state index is 11.1. The molecule has 0 fully saturated rings. The molecule has 0 bridgehead atoms. The summed E-state index contributed by atoms with van der Waals surface area (Å²) in [5.41, 5.74) is 12.7. The van der Waals surface area contributed by atoms with Gasteiger partial charge in [0.2, 0.25) is 5.91 Å². The number of anilines is 2. The van der Waals surface area contributed by atoms with Gasteiger partial charge in [0.05, 0.1) is 11.4 Å². The van der Waals surface area contributed by atoms with Crippen LogP contribution in [-0.4, -0.2) is 23.7 Å². The molecule has 1 aromatic rings. The van der Waals surface area contributed by atoms with Crippen LogP contribution in [0.15, 0.2) is 18.2 Å². The average Bonchev–Trinajstić information content (AvgIpc) is 2.30. The molecule has 0 saturated heterocycles. The topological polar surface area (TPSA) is 101 Å². The Morgan fingerprint density at radius 1 is 1.53 bits per heavy atom. The molecule has 0 aliphatic heterocycles. The largest absolute Gasteiger partial charge is 0.397 e. The number of primary amides is 1. The van der Waals surface area contributed by atoms with E-state index in [4.69, 9.17) is 16.6 Å². The van der Waals surface area contributed by atoms with Crippen molar-refractivity contribution in [3.05, 3.63) is 23.8 Å². The maximum absolute atomic E-state index is 11.1. The van der Waals surface area contributed by atoms with E-state index in [1.165, 1.54) is 0 Å². The molecule has 0 spiro atoms. The number of aliphatic hydroxyl groups is 1. The zero-order valence-electron chi connectivity index (χ0n) is 9.94. The second-order valence-electron chi connectivity index (χ2n) is 3.93. The van der Waals surface area contributed by atoms with E-state index < -0.39 is 5.91 Å². The van der Waals surface area contributed by atoms with Gasteiger partial charge in [-0.1, -0.05) is 6.92 Å². The highest BCUT2D eigenvalue weighted by atomic mass is 16.3. The first-order valence-corrected chi connectivity index (χ1v) is 5.65. The standard InChI is InChI=1S/C12H19N3O2/c1-2-9(5-6-16)15-11-7-8(12(14)17)3-4-10(11)13/h3-4,7,9,15-16H,2,5-6,13H2,1H3,(H2,14,17). The minimum atomic E-state index is -0.483. The fourth-order valence-corrected chi connectivity index (χ4v) is 1.59. The summed E-state index contributed by atoms with van der Waals surface area (Å²) in [6, 6.07) is 5.01. The summed E-state index contributed by atoms with van der Waals surface area (Å²) in [5.74, 6) is -0.483. The van der Waals surface area contributed by atoms with E-state index in [1.807, 2.05) is 6.92 Å². The minimum absolute atomic E-state index is 0.112. The molecule has 1 aromatic carbocycles. The fraction of sp³-hybridized carbons (Fsp3) is 0.417. The number of nitrogen functional groups attached to an aromatic ring is 1. The molecule has 1 rings (SSSR count). The third-order valence-corrected chi connectivity index (χ3v) is 2.67. The van der Waals surface area contributed by atoms with E-state index >= 15 is 0 Å². The second-order valence-corrected chi connectivity index (χ2v) is 3.93. The molecule has 17 heavy (non-hydrogen) atoms. The third kappa shape index (κ3) is 3.64. The summed E-state index contributed by atoms with van der Waals surface area (Å²) in [6.07, 6.45) is 1.50. The number of nitrogens with one attached hydrogen (secondary N) is 1. The molecule has 1 unspecified atom stereocenters. The van der Waals surface area contributed by atoms with Crippen LogP contribution in [0.5, 0.6) is 0 Å². The lowest BCUT2D eigenvalue weighted by molar-refractivity contribution is 0.100. The molecule has 5 nitrogen and oxygen atoms in total. The zero-order chi connectivity index (χ0) is 12.8. The Bertz CT molecular complexity index is 393. The molecule has 94 valence electrons. The van der Waals surface area contributed by atoms with Gasteiger partial charge in [-0.3, -0.25) is 4.79 Å². The molecule has 0 aliphatic rings. The van der Waals surface area contributed by atoms with Crippen LogP contribution in [0.4, 0.5) is 11.4 Å². The summed E-state index contributed by atoms with van der Waals surface area (Å²) in [7, 11) is 0. The van der Waals surface area contributed by atoms with Gasteiger partial charge in [-0.2, -0.15) is 0 Å². The Morgan fingerprint density at radius 2 is 2.24 bits per heavy atom. The molecule has 0 heterocycles. The van der Waals surface area contributed by atoms with Crippen molar-refractivity contribution in [1.82, 2.24) is 0 Å². The SMILES string of the molecule is CCC(CCO)Nc1cc(C(N)=O)ccc1N. The summed E-state index contributed by atoms with van der Waals surface area (Å²) in [6.45, 7) is 2.13. The van der Waals surface area contributed by atoms with Gasteiger partial charge in [-0.15, -0.1) is 0 Å². The van der Waals surface area contributed by atoms with Crippen molar-refractivity contribution in [1.29, 1.82) is 0 Å². The van der Waals surface area contributed by atoms with Gasteiger partial charge in [-0.05, 0) is 31.0 Å². The number of aliphatic hydroxyl groups excluding tert-OH is 1. The van der Waals surface area contributed by atoms with Crippen molar-refractivity contribution in [2.45, 2.75) is 25.8 Å². The van der Waals surface area contributed by atoms with Crippen LogP contribution >= 0.6 is 0 Å². The number of carbonyl (C=O) groups excluding carboxylic acids is 1. The highest BCUT2D eigenvalue weighted by Crippen LogP contribution is 2.22. The predicted molar refractivity (Wildman–Crippen MR) is 68.8 cm³/mol. The zero-order valence-corrected chi connectivity index (χ0v) is 9.94. The molecular weight excluding hydrogens is 218 g/mol. The Labute approximate surface area is 101 Å². The molecule has 0 radical (unpaired) electrons. The van der Waals surface area contributed by atoms with Crippen molar-refractivity contribution >= 4 is 17.3 Å². The lowest BCUT2D eigenvalue weighted by Gasteiger charge is -2.19.